The Morgan fingerprint density at radius 3 is 2.59 bits per heavy atom. The van der Waals surface area contributed by atoms with Crippen LogP contribution in [0, 0.1) is 0 Å². The van der Waals surface area contributed by atoms with Gasteiger partial charge in [-0.05, 0) is 48.6 Å². The Hall–Kier alpha value is -3.39. The quantitative estimate of drug-likeness (QED) is 0.584. The van der Waals surface area contributed by atoms with Gasteiger partial charge in [0.25, 0.3) is 5.91 Å². The van der Waals surface area contributed by atoms with Gasteiger partial charge in [-0.1, -0.05) is 18.2 Å². The van der Waals surface area contributed by atoms with Crippen LogP contribution >= 0.6 is 12.2 Å². The summed E-state index contributed by atoms with van der Waals surface area (Å²) in [7, 11) is 1.56. The van der Waals surface area contributed by atoms with E-state index in [1.165, 1.54) is 4.90 Å². The highest BCUT2D eigenvalue weighted by Gasteiger charge is 2.32. The second kappa shape index (κ2) is 7.88. The summed E-state index contributed by atoms with van der Waals surface area (Å²) < 4.78 is 10.4. The molecule has 0 aromatic heterocycles. The number of rotatable bonds is 6. The Balaban J connectivity index is 1.87. The van der Waals surface area contributed by atoms with Crippen LogP contribution in [-0.4, -0.2) is 35.8 Å². The summed E-state index contributed by atoms with van der Waals surface area (Å²) in [5.74, 6) is -0.377. The number of hydrogen-bond donors (Lipinski definition) is 2. The van der Waals surface area contributed by atoms with E-state index in [0.717, 1.165) is 0 Å². The maximum absolute atomic E-state index is 12.8. The average molecular weight is 384 g/mol. The summed E-state index contributed by atoms with van der Waals surface area (Å²) in [6.45, 7) is -0.474. The van der Waals surface area contributed by atoms with E-state index in [2.05, 4.69) is 5.32 Å². The van der Waals surface area contributed by atoms with E-state index < -0.39 is 12.6 Å². The third kappa shape index (κ3) is 4.06. The van der Waals surface area contributed by atoms with E-state index in [-0.39, 0.29) is 16.7 Å². The molecule has 8 heteroatoms. The number of para-hydroxylation sites is 1. The highest BCUT2D eigenvalue weighted by Crippen LogP contribution is 2.26. The number of hydrogen-bond acceptors (Lipinski definition) is 5. The number of anilines is 1. The minimum Gasteiger partial charge on any atom is -0.497 e. The number of nitrogens with zero attached hydrogens (tertiary/aromatic N) is 1. The van der Waals surface area contributed by atoms with Crippen molar-refractivity contribution in [3.8, 4) is 11.5 Å². The van der Waals surface area contributed by atoms with Crippen LogP contribution in [0.1, 0.15) is 5.56 Å². The molecule has 0 saturated carbocycles. The number of carbonyl (C=O) groups excluding carboxylic acids is 1. The van der Waals surface area contributed by atoms with Crippen molar-refractivity contribution in [1.29, 1.82) is 0 Å². The fourth-order valence-corrected chi connectivity index (χ4v) is 2.83. The predicted molar refractivity (Wildman–Crippen MR) is 104 cm³/mol. The maximum Gasteiger partial charge on any atom is 0.341 e. The van der Waals surface area contributed by atoms with Gasteiger partial charge in [0.05, 0.1) is 12.8 Å². The largest absolute Gasteiger partial charge is 0.497 e. The van der Waals surface area contributed by atoms with Crippen LogP contribution < -0.4 is 19.7 Å². The van der Waals surface area contributed by atoms with Crippen molar-refractivity contribution in [3.63, 3.8) is 0 Å². The van der Waals surface area contributed by atoms with Crippen LogP contribution in [-0.2, 0) is 9.59 Å². The number of nitrogens with one attached hydrogen (secondary N) is 1. The summed E-state index contributed by atoms with van der Waals surface area (Å²) in [5, 5.41) is 11.9. The number of amides is 1. The van der Waals surface area contributed by atoms with E-state index in [1.807, 2.05) is 0 Å². The van der Waals surface area contributed by atoms with Crippen molar-refractivity contribution in [3.05, 3.63) is 59.8 Å². The van der Waals surface area contributed by atoms with E-state index in [4.69, 9.17) is 26.8 Å². The van der Waals surface area contributed by atoms with Gasteiger partial charge < -0.3 is 19.9 Å². The van der Waals surface area contributed by atoms with Gasteiger partial charge in [0, 0.05) is 5.56 Å². The molecule has 2 aromatic rings. The highest BCUT2D eigenvalue weighted by atomic mass is 32.1. The summed E-state index contributed by atoms with van der Waals surface area (Å²) >= 11 is 5.29. The molecule has 0 aliphatic carbocycles. The first-order chi connectivity index (χ1) is 13.0. The van der Waals surface area contributed by atoms with Crippen molar-refractivity contribution < 1.29 is 24.2 Å². The molecular weight excluding hydrogens is 368 g/mol. The van der Waals surface area contributed by atoms with E-state index in [9.17, 15) is 9.59 Å². The van der Waals surface area contributed by atoms with Crippen molar-refractivity contribution >= 4 is 41.0 Å². The lowest BCUT2D eigenvalue weighted by Gasteiger charge is -2.14. The van der Waals surface area contributed by atoms with Crippen LogP contribution in [0.3, 0.4) is 0 Å². The molecule has 0 atom stereocenters. The van der Waals surface area contributed by atoms with Gasteiger partial charge in [-0.2, -0.15) is 0 Å². The standard InChI is InChI=1S/C19H16N2O5S/c1-25-14-8-6-13(7-9-14)21-18(24)15(20-19(21)27)10-12-4-2-3-5-16(12)26-11-17(22)23/h2-10H,11H2,1H3,(H,20,27)(H,22,23)/b15-10+. The molecule has 0 unspecified atom stereocenters. The van der Waals surface area contributed by atoms with E-state index in [0.29, 0.717) is 22.7 Å². The summed E-state index contributed by atoms with van der Waals surface area (Å²) in [6, 6.07) is 13.8. The Morgan fingerprint density at radius 2 is 1.93 bits per heavy atom. The van der Waals surface area contributed by atoms with Crippen molar-refractivity contribution in [2.75, 3.05) is 18.6 Å². The summed E-state index contributed by atoms with van der Waals surface area (Å²) in [4.78, 5) is 24.9. The predicted octanol–water partition coefficient (Wildman–Crippen LogP) is 2.42. The number of methoxy groups -OCH3 is 1. The van der Waals surface area contributed by atoms with Crippen LogP contribution in [0.15, 0.2) is 54.2 Å². The summed E-state index contributed by atoms with van der Waals surface area (Å²) in [5.41, 5.74) is 1.44. The molecule has 1 aliphatic rings. The summed E-state index contributed by atoms with van der Waals surface area (Å²) in [6.07, 6.45) is 1.58. The zero-order valence-electron chi connectivity index (χ0n) is 14.3. The number of carbonyl (C=O) groups is 2. The van der Waals surface area contributed by atoms with Gasteiger partial charge in [-0.15, -0.1) is 0 Å². The second-order valence-electron chi connectivity index (χ2n) is 5.55. The zero-order valence-corrected chi connectivity index (χ0v) is 15.2. The van der Waals surface area contributed by atoms with Crippen LogP contribution in [0.5, 0.6) is 11.5 Å². The molecule has 2 N–H and O–H groups in total. The first kappa shape index (κ1) is 18.4. The molecule has 3 rings (SSSR count). The molecule has 7 nitrogen and oxygen atoms in total. The van der Waals surface area contributed by atoms with Gasteiger partial charge in [0.2, 0.25) is 0 Å². The Labute approximate surface area is 160 Å². The molecule has 1 amide bonds. The molecule has 27 heavy (non-hydrogen) atoms. The van der Waals surface area contributed by atoms with Crippen molar-refractivity contribution in [1.82, 2.24) is 5.32 Å². The lowest BCUT2D eigenvalue weighted by Crippen LogP contribution is -2.30. The number of benzene rings is 2. The number of carboxylic acid groups (broad SMARTS) is 1. The Bertz CT molecular complexity index is 924. The normalized spacial score (nSPS) is 15.0. The monoisotopic (exact) mass is 384 g/mol. The van der Waals surface area contributed by atoms with Gasteiger partial charge in [-0.25, -0.2) is 4.79 Å². The lowest BCUT2D eigenvalue weighted by molar-refractivity contribution is -0.139. The molecule has 1 fully saturated rings. The third-order valence-corrected chi connectivity index (χ3v) is 4.06. The van der Waals surface area contributed by atoms with Gasteiger partial charge >= 0.3 is 5.97 Å². The zero-order chi connectivity index (χ0) is 19.4. The highest BCUT2D eigenvalue weighted by molar-refractivity contribution is 7.80. The van der Waals surface area contributed by atoms with Crippen LogP contribution in [0.2, 0.25) is 0 Å². The van der Waals surface area contributed by atoms with Crippen molar-refractivity contribution in [2.24, 2.45) is 0 Å². The fraction of sp³-hybridized carbons (Fsp3) is 0.105. The topological polar surface area (TPSA) is 88.1 Å². The second-order valence-corrected chi connectivity index (χ2v) is 5.93. The Morgan fingerprint density at radius 1 is 1.22 bits per heavy atom. The first-order valence-electron chi connectivity index (χ1n) is 7.94. The molecular formula is C19H16N2O5S. The first-order valence-corrected chi connectivity index (χ1v) is 8.35. The molecule has 0 bridgehead atoms. The molecule has 138 valence electrons. The molecule has 1 heterocycles. The number of carboxylic acids is 1. The SMILES string of the molecule is COc1ccc(N2C(=O)/C(=C\c3ccccc3OCC(=O)O)NC2=S)cc1. The fourth-order valence-electron chi connectivity index (χ4n) is 2.53. The van der Waals surface area contributed by atoms with Gasteiger partial charge in [-0.3, -0.25) is 9.69 Å². The minimum atomic E-state index is -1.08. The van der Waals surface area contributed by atoms with Crippen LogP contribution in [0.4, 0.5) is 5.69 Å². The maximum atomic E-state index is 12.8. The smallest absolute Gasteiger partial charge is 0.341 e. The third-order valence-electron chi connectivity index (χ3n) is 3.78. The Kier molecular flexibility index (Phi) is 5.37. The molecule has 2 aromatic carbocycles. The molecule has 1 aliphatic heterocycles. The number of thiocarbonyl (C=S) groups is 1. The van der Waals surface area contributed by atoms with E-state index >= 15 is 0 Å². The van der Waals surface area contributed by atoms with E-state index in [1.54, 1.807) is 61.7 Å². The minimum absolute atomic E-state index is 0.250. The number of aliphatic carboxylic acids is 1. The van der Waals surface area contributed by atoms with Crippen molar-refractivity contribution in [2.45, 2.75) is 0 Å². The van der Waals surface area contributed by atoms with Gasteiger partial charge in [0.1, 0.15) is 17.2 Å². The molecule has 1 saturated heterocycles. The number of ether oxygens (including phenoxy) is 2. The molecule has 0 radical (unpaired) electrons. The van der Waals surface area contributed by atoms with Crippen LogP contribution in [0.25, 0.3) is 6.08 Å². The lowest BCUT2D eigenvalue weighted by atomic mass is 10.1. The molecule has 0 spiro atoms. The average Bonchev–Trinajstić information content (AvgIpc) is 2.94. The van der Waals surface area contributed by atoms with Gasteiger partial charge in [0.15, 0.2) is 11.7 Å².